The molecule has 2 rings (SSSR count). The second kappa shape index (κ2) is 4.36. The van der Waals surface area contributed by atoms with E-state index in [1.165, 1.54) is 12.5 Å². The van der Waals surface area contributed by atoms with Crippen LogP contribution in [-0.2, 0) is 0 Å². The zero-order chi connectivity index (χ0) is 11.5. The van der Waals surface area contributed by atoms with Crippen LogP contribution in [0.4, 0.5) is 11.4 Å². The van der Waals surface area contributed by atoms with E-state index in [0.29, 0.717) is 21.4 Å². The van der Waals surface area contributed by atoms with Gasteiger partial charge in [-0.2, -0.15) is 0 Å². The third kappa shape index (κ3) is 2.22. The zero-order valence-electron chi connectivity index (χ0n) is 8.11. The number of amides is 1. The molecule has 16 heavy (non-hydrogen) atoms. The summed E-state index contributed by atoms with van der Waals surface area (Å²) >= 11 is 3.28. The summed E-state index contributed by atoms with van der Waals surface area (Å²) in [6, 6.07) is 5.02. The van der Waals surface area contributed by atoms with Gasteiger partial charge in [0.25, 0.3) is 5.91 Å². The maximum atomic E-state index is 11.8. The zero-order valence-corrected chi connectivity index (χ0v) is 9.69. The van der Waals surface area contributed by atoms with Crippen LogP contribution in [0.25, 0.3) is 0 Å². The molecule has 0 radical (unpaired) electrons. The average molecular weight is 282 g/mol. The molecule has 5 nitrogen and oxygen atoms in total. The van der Waals surface area contributed by atoms with Gasteiger partial charge in [0.2, 0.25) is 0 Å². The third-order valence-corrected chi connectivity index (χ3v) is 2.62. The van der Waals surface area contributed by atoms with Crippen molar-refractivity contribution in [1.29, 1.82) is 0 Å². The Morgan fingerprint density at radius 3 is 3.00 bits per heavy atom. The number of nitrogens with two attached hydrogens (primary N) is 1. The SMILES string of the molecule is Nc1ccc(Br)c(C(=O)Nc2cnoc2)c1. The molecule has 3 N–H and O–H groups in total. The van der Waals surface area contributed by atoms with Crippen LogP contribution < -0.4 is 11.1 Å². The van der Waals surface area contributed by atoms with Crippen LogP contribution >= 0.6 is 15.9 Å². The smallest absolute Gasteiger partial charge is 0.257 e. The van der Waals surface area contributed by atoms with Crippen molar-refractivity contribution in [2.45, 2.75) is 0 Å². The minimum atomic E-state index is -0.276. The number of halogens is 1. The number of nitrogens with one attached hydrogen (secondary N) is 1. The fourth-order valence-corrected chi connectivity index (χ4v) is 1.61. The van der Waals surface area contributed by atoms with Crippen molar-refractivity contribution >= 4 is 33.2 Å². The van der Waals surface area contributed by atoms with Crippen molar-refractivity contribution in [1.82, 2.24) is 5.16 Å². The highest BCUT2D eigenvalue weighted by molar-refractivity contribution is 9.10. The van der Waals surface area contributed by atoms with E-state index in [0.717, 1.165) is 0 Å². The number of anilines is 2. The monoisotopic (exact) mass is 281 g/mol. The minimum Gasteiger partial charge on any atom is -0.399 e. The first-order valence-corrected chi connectivity index (χ1v) is 5.22. The molecule has 1 aromatic heterocycles. The highest BCUT2D eigenvalue weighted by atomic mass is 79.9. The van der Waals surface area contributed by atoms with E-state index in [1.807, 2.05) is 0 Å². The normalized spacial score (nSPS) is 10.1. The molecule has 6 heteroatoms. The molecule has 0 spiro atoms. The first-order chi connectivity index (χ1) is 7.66. The van der Waals surface area contributed by atoms with Crippen LogP contribution in [0.1, 0.15) is 10.4 Å². The Hall–Kier alpha value is -1.82. The van der Waals surface area contributed by atoms with E-state index in [1.54, 1.807) is 18.2 Å². The highest BCUT2D eigenvalue weighted by Crippen LogP contribution is 2.20. The molecule has 0 unspecified atom stereocenters. The lowest BCUT2D eigenvalue weighted by molar-refractivity contribution is 0.102. The molecule has 0 atom stereocenters. The van der Waals surface area contributed by atoms with Gasteiger partial charge < -0.3 is 15.6 Å². The summed E-state index contributed by atoms with van der Waals surface area (Å²) in [4.78, 5) is 11.8. The van der Waals surface area contributed by atoms with Gasteiger partial charge in [-0.25, -0.2) is 0 Å². The molecule has 1 heterocycles. The van der Waals surface area contributed by atoms with Gasteiger partial charge in [0, 0.05) is 10.2 Å². The summed E-state index contributed by atoms with van der Waals surface area (Å²) in [6.45, 7) is 0. The van der Waals surface area contributed by atoms with Crippen molar-refractivity contribution in [2.24, 2.45) is 0 Å². The van der Waals surface area contributed by atoms with Crippen LogP contribution in [0.2, 0.25) is 0 Å². The number of rotatable bonds is 2. The molecule has 2 aromatic rings. The van der Waals surface area contributed by atoms with Gasteiger partial charge in [0.05, 0.1) is 11.8 Å². The lowest BCUT2D eigenvalue weighted by atomic mass is 10.2. The molecular weight excluding hydrogens is 274 g/mol. The Labute approximate surface area is 99.7 Å². The van der Waals surface area contributed by atoms with Crippen molar-refractivity contribution in [3.8, 4) is 0 Å². The number of hydrogen-bond donors (Lipinski definition) is 2. The summed E-state index contributed by atoms with van der Waals surface area (Å²) < 4.78 is 5.28. The predicted molar refractivity (Wildman–Crippen MR) is 63.0 cm³/mol. The van der Waals surface area contributed by atoms with Crippen molar-refractivity contribution < 1.29 is 9.32 Å². The fourth-order valence-electron chi connectivity index (χ4n) is 1.18. The first-order valence-electron chi connectivity index (χ1n) is 4.42. The van der Waals surface area contributed by atoms with E-state index in [-0.39, 0.29) is 5.91 Å². The summed E-state index contributed by atoms with van der Waals surface area (Å²) in [5.41, 5.74) is 7.09. The molecule has 1 aromatic carbocycles. The summed E-state index contributed by atoms with van der Waals surface area (Å²) in [5, 5.41) is 6.11. The van der Waals surface area contributed by atoms with Crippen LogP contribution in [0.15, 0.2) is 39.7 Å². The molecule has 0 bridgehead atoms. The van der Waals surface area contributed by atoms with Gasteiger partial charge in [-0.1, -0.05) is 5.16 Å². The molecular formula is C10H8BrN3O2. The van der Waals surface area contributed by atoms with Gasteiger partial charge >= 0.3 is 0 Å². The Morgan fingerprint density at radius 1 is 1.50 bits per heavy atom. The molecule has 0 saturated carbocycles. The lowest BCUT2D eigenvalue weighted by Crippen LogP contribution is -2.12. The summed E-state index contributed by atoms with van der Waals surface area (Å²) in [7, 11) is 0. The molecule has 0 aliphatic rings. The quantitative estimate of drug-likeness (QED) is 0.828. The minimum absolute atomic E-state index is 0.276. The molecule has 0 fully saturated rings. The number of carbonyl (C=O) groups excluding carboxylic acids is 1. The number of benzene rings is 1. The van der Waals surface area contributed by atoms with Gasteiger partial charge in [0.15, 0.2) is 0 Å². The van der Waals surface area contributed by atoms with Crippen molar-refractivity contribution in [3.63, 3.8) is 0 Å². The molecule has 1 amide bonds. The number of nitrogens with zero attached hydrogens (tertiary/aromatic N) is 1. The highest BCUT2D eigenvalue weighted by Gasteiger charge is 2.11. The maximum absolute atomic E-state index is 11.8. The Balaban J connectivity index is 2.24. The molecule has 0 aliphatic carbocycles. The number of hydrogen-bond acceptors (Lipinski definition) is 4. The van der Waals surface area contributed by atoms with Crippen LogP contribution in [0, 0.1) is 0 Å². The molecule has 0 aliphatic heterocycles. The van der Waals surface area contributed by atoms with E-state index in [9.17, 15) is 4.79 Å². The van der Waals surface area contributed by atoms with E-state index >= 15 is 0 Å². The first kappa shape index (κ1) is 10.7. The maximum Gasteiger partial charge on any atom is 0.257 e. The van der Waals surface area contributed by atoms with E-state index in [4.69, 9.17) is 5.73 Å². The molecule has 0 saturated heterocycles. The largest absolute Gasteiger partial charge is 0.399 e. The number of carbonyl (C=O) groups is 1. The van der Waals surface area contributed by atoms with Gasteiger partial charge in [-0.3, -0.25) is 4.79 Å². The lowest BCUT2D eigenvalue weighted by Gasteiger charge is -2.05. The van der Waals surface area contributed by atoms with Crippen molar-refractivity contribution in [3.05, 3.63) is 40.7 Å². The summed E-state index contributed by atoms with van der Waals surface area (Å²) in [6.07, 6.45) is 2.76. The van der Waals surface area contributed by atoms with Crippen LogP contribution in [-0.4, -0.2) is 11.1 Å². The van der Waals surface area contributed by atoms with E-state index < -0.39 is 0 Å². The van der Waals surface area contributed by atoms with E-state index in [2.05, 4.69) is 30.9 Å². The second-order valence-corrected chi connectivity index (χ2v) is 3.96. The van der Waals surface area contributed by atoms with Gasteiger partial charge in [0.1, 0.15) is 12.0 Å². The Morgan fingerprint density at radius 2 is 2.31 bits per heavy atom. The van der Waals surface area contributed by atoms with Crippen molar-refractivity contribution in [2.75, 3.05) is 11.1 Å². The average Bonchev–Trinajstić information content (AvgIpc) is 2.74. The van der Waals surface area contributed by atoms with Crippen LogP contribution in [0.3, 0.4) is 0 Å². The third-order valence-electron chi connectivity index (χ3n) is 1.93. The topological polar surface area (TPSA) is 81.2 Å². The Bertz CT molecular complexity index is 511. The number of aromatic nitrogens is 1. The standard InChI is InChI=1S/C10H8BrN3O2/c11-9-2-1-6(12)3-8(9)10(15)14-7-4-13-16-5-7/h1-5H,12H2,(H,14,15). The van der Waals surface area contributed by atoms with Gasteiger partial charge in [-0.15, -0.1) is 0 Å². The van der Waals surface area contributed by atoms with Crippen LogP contribution in [0.5, 0.6) is 0 Å². The predicted octanol–water partition coefficient (Wildman–Crippen LogP) is 2.27. The number of nitrogen functional groups attached to an aromatic ring is 1. The summed E-state index contributed by atoms with van der Waals surface area (Å²) in [5.74, 6) is -0.276. The fraction of sp³-hybridized carbons (Fsp3) is 0. The molecule has 82 valence electrons. The second-order valence-electron chi connectivity index (χ2n) is 3.11. The van der Waals surface area contributed by atoms with Gasteiger partial charge in [-0.05, 0) is 34.1 Å². The Kier molecular flexibility index (Phi) is 2.91.